The number of aliphatic hydroxyl groups is 8. The van der Waals surface area contributed by atoms with Gasteiger partial charge in [0.1, 0.15) is 36.6 Å². The summed E-state index contributed by atoms with van der Waals surface area (Å²) in [6.45, 7) is 9.86. The molecule has 21 atom stereocenters. The summed E-state index contributed by atoms with van der Waals surface area (Å²) in [7, 11) is 2.88. The molecule has 14 nitrogen and oxygen atoms in total. The van der Waals surface area contributed by atoms with E-state index in [9.17, 15) is 40.9 Å². The van der Waals surface area contributed by atoms with E-state index in [4.69, 9.17) is 28.4 Å². The van der Waals surface area contributed by atoms with Crippen LogP contribution < -0.4 is 0 Å². The Labute approximate surface area is 313 Å². The molecule has 53 heavy (non-hydrogen) atoms. The number of fused-ring (bicyclic) bond motifs is 5. The Hall–Kier alpha value is -0.820. The quantitative estimate of drug-likeness (QED) is 0.135. The second-order valence-corrected chi connectivity index (χ2v) is 17.9. The third-order valence-corrected chi connectivity index (χ3v) is 14.7. The van der Waals surface area contributed by atoms with Crippen LogP contribution in [0.2, 0.25) is 0 Å². The smallest absolute Gasteiger partial charge is 0.187 e. The molecule has 0 spiro atoms. The molecule has 2 saturated heterocycles. The highest BCUT2D eigenvalue weighted by atomic mass is 16.8. The second kappa shape index (κ2) is 15.8. The van der Waals surface area contributed by atoms with Gasteiger partial charge in [0.15, 0.2) is 12.6 Å². The molecule has 14 heteroatoms. The van der Waals surface area contributed by atoms with Crippen LogP contribution in [0.25, 0.3) is 0 Å². The monoisotopic (exact) mass is 758 g/mol. The zero-order valence-corrected chi connectivity index (χ0v) is 32.3. The fraction of sp³-hybridized carbons (Fsp3) is 0.949. The normalized spacial score (nSPS) is 52.7. The van der Waals surface area contributed by atoms with Gasteiger partial charge in [-0.05, 0) is 66.6 Å². The second-order valence-electron chi connectivity index (χ2n) is 17.9. The molecule has 0 aromatic rings. The van der Waals surface area contributed by atoms with Crippen molar-refractivity contribution in [3.05, 3.63) is 12.2 Å². The van der Waals surface area contributed by atoms with Crippen molar-refractivity contribution in [2.75, 3.05) is 27.4 Å². The lowest BCUT2D eigenvalue weighted by Gasteiger charge is -2.66. The molecule has 6 aliphatic rings. The van der Waals surface area contributed by atoms with E-state index in [1.165, 1.54) is 14.2 Å². The van der Waals surface area contributed by atoms with Crippen molar-refractivity contribution in [1.29, 1.82) is 0 Å². The van der Waals surface area contributed by atoms with Crippen molar-refractivity contribution in [3.8, 4) is 0 Å². The molecule has 4 saturated carbocycles. The Kier molecular flexibility index (Phi) is 12.5. The molecule has 4 aliphatic carbocycles. The molecule has 0 amide bonds. The third-order valence-electron chi connectivity index (χ3n) is 14.7. The highest BCUT2D eigenvalue weighted by Crippen LogP contribution is 2.69. The molecule has 8 N–H and O–H groups in total. The third kappa shape index (κ3) is 7.09. The van der Waals surface area contributed by atoms with Crippen LogP contribution in [0.15, 0.2) is 12.2 Å². The van der Waals surface area contributed by atoms with Crippen molar-refractivity contribution in [3.63, 3.8) is 0 Å². The summed E-state index contributed by atoms with van der Waals surface area (Å²) in [6, 6.07) is 0. The van der Waals surface area contributed by atoms with Gasteiger partial charge in [-0.1, -0.05) is 46.8 Å². The molecule has 0 bridgehead atoms. The fourth-order valence-corrected chi connectivity index (χ4v) is 12.0. The zero-order chi connectivity index (χ0) is 38.8. The van der Waals surface area contributed by atoms with Crippen LogP contribution >= 0.6 is 0 Å². The van der Waals surface area contributed by atoms with E-state index in [1.807, 2.05) is 26.8 Å². The number of aliphatic hydroxyl groups excluding tert-OH is 7. The van der Waals surface area contributed by atoms with E-state index in [0.717, 1.165) is 6.42 Å². The lowest BCUT2D eigenvalue weighted by Crippen LogP contribution is -2.70. The van der Waals surface area contributed by atoms with E-state index in [-0.39, 0.29) is 36.7 Å². The molecule has 6 rings (SSSR count). The van der Waals surface area contributed by atoms with E-state index >= 15 is 0 Å². The van der Waals surface area contributed by atoms with Gasteiger partial charge in [-0.2, -0.15) is 0 Å². The molecule has 6 fully saturated rings. The number of hydrogen-bond donors (Lipinski definition) is 8. The summed E-state index contributed by atoms with van der Waals surface area (Å²) in [6.07, 6.45) is -5.27. The Morgan fingerprint density at radius 1 is 0.811 bits per heavy atom. The lowest BCUT2D eigenvalue weighted by molar-refractivity contribution is -0.311. The summed E-state index contributed by atoms with van der Waals surface area (Å²) in [5.41, 5.74) is -2.34. The van der Waals surface area contributed by atoms with Gasteiger partial charge in [0.05, 0.1) is 49.3 Å². The first kappa shape index (κ1) is 41.8. The number of hydrogen-bond acceptors (Lipinski definition) is 14. The molecular weight excluding hydrogens is 692 g/mol. The number of rotatable bonds is 11. The SMILES string of the molecule is COC1COC(OC2C(OC(C=CC(C)C3CC(O)C4C3(C)CCC3C5(C)CCC(O)C(O)C5C(O)CC34O)C(C)C)OC(CO)C2O)C(OC)C1O. The van der Waals surface area contributed by atoms with E-state index in [0.29, 0.717) is 25.7 Å². The summed E-state index contributed by atoms with van der Waals surface area (Å²) < 4.78 is 35.2. The molecule has 306 valence electrons. The first-order valence-corrected chi connectivity index (χ1v) is 19.7. The van der Waals surface area contributed by atoms with Gasteiger partial charge in [0.2, 0.25) is 0 Å². The Bertz CT molecular complexity index is 1270. The summed E-state index contributed by atoms with van der Waals surface area (Å²) in [5.74, 6) is -1.31. The average Bonchev–Trinajstić information content (AvgIpc) is 3.55. The van der Waals surface area contributed by atoms with Gasteiger partial charge in [-0.3, -0.25) is 0 Å². The largest absolute Gasteiger partial charge is 0.394 e. The van der Waals surface area contributed by atoms with Crippen molar-refractivity contribution >= 4 is 0 Å². The van der Waals surface area contributed by atoms with Gasteiger partial charge in [-0.25, -0.2) is 0 Å². The van der Waals surface area contributed by atoms with Crippen LogP contribution in [-0.2, 0) is 28.4 Å². The maximum absolute atomic E-state index is 12.6. The van der Waals surface area contributed by atoms with Crippen molar-refractivity contribution in [2.45, 2.75) is 158 Å². The van der Waals surface area contributed by atoms with Crippen LogP contribution in [0.1, 0.15) is 73.1 Å². The Balaban J connectivity index is 1.18. The van der Waals surface area contributed by atoms with Crippen LogP contribution in [-0.4, -0.2) is 154 Å². The standard InChI is InChI=1S/C39H66O14/c1-18(2)24(51-36-33(30(45)25(16-40)52-36)53-35-32(49-7)31(46)26(48-6)17-50-35)9-8-19(3)20-14-22(42)34-37(20,4)13-11-27-38(5)12-10-21(41)29(44)28(38)23(43)15-39(27,34)47/h8-9,18-36,40-47H,10-17H2,1-7H3. The van der Waals surface area contributed by atoms with E-state index < -0.39 is 115 Å². The van der Waals surface area contributed by atoms with Gasteiger partial charge in [0, 0.05) is 32.5 Å². The summed E-state index contributed by atoms with van der Waals surface area (Å²) in [4.78, 5) is 0. The first-order chi connectivity index (χ1) is 25.0. The molecule has 0 aromatic heterocycles. The van der Waals surface area contributed by atoms with Gasteiger partial charge >= 0.3 is 0 Å². The van der Waals surface area contributed by atoms with Crippen molar-refractivity contribution in [1.82, 2.24) is 0 Å². The maximum Gasteiger partial charge on any atom is 0.187 e. The maximum atomic E-state index is 12.6. The zero-order valence-electron chi connectivity index (χ0n) is 32.3. The van der Waals surface area contributed by atoms with Crippen LogP contribution in [0.3, 0.4) is 0 Å². The van der Waals surface area contributed by atoms with Gasteiger partial charge in [0.25, 0.3) is 0 Å². The molecular formula is C39H66O14. The summed E-state index contributed by atoms with van der Waals surface area (Å²) >= 11 is 0. The molecule has 2 aliphatic heterocycles. The first-order valence-electron chi connectivity index (χ1n) is 19.7. The Morgan fingerprint density at radius 3 is 2.15 bits per heavy atom. The Morgan fingerprint density at radius 2 is 1.51 bits per heavy atom. The fourth-order valence-electron chi connectivity index (χ4n) is 12.0. The van der Waals surface area contributed by atoms with Crippen molar-refractivity contribution < 1.29 is 69.3 Å². The number of methoxy groups -OCH3 is 2. The van der Waals surface area contributed by atoms with E-state index in [1.54, 1.807) is 0 Å². The minimum Gasteiger partial charge on any atom is -0.394 e. The molecule has 21 unspecified atom stereocenters. The topological polar surface area (TPSA) is 217 Å². The molecule has 2 heterocycles. The minimum absolute atomic E-state index is 0.00848. The molecule has 0 radical (unpaired) electrons. The minimum atomic E-state index is -1.33. The van der Waals surface area contributed by atoms with Gasteiger partial charge in [-0.15, -0.1) is 0 Å². The molecule has 0 aromatic carbocycles. The van der Waals surface area contributed by atoms with Crippen molar-refractivity contribution in [2.24, 2.45) is 46.3 Å². The number of ether oxygens (including phenoxy) is 6. The predicted molar refractivity (Wildman–Crippen MR) is 189 cm³/mol. The highest BCUT2D eigenvalue weighted by molar-refractivity contribution is 5.21. The average molecular weight is 759 g/mol. The van der Waals surface area contributed by atoms with Crippen LogP contribution in [0.4, 0.5) is 0 Å². The van der Waals surface area contributed by atoms with Gasteiger partial charge < -0.3 is 69.3 Å². The predicted octanol–water partition coefficient (Wildman–Crippen LogP) is 0.478. The number of allylic oxidation sites excluding steroid dienone is 1. The van der Waals surface area contributed by atoms with Crippen LogP contribution in [0.5, 0.6) is 0 Å². The van der Waals surface area contributed by atoms with Crippen LogP contribution in [0, 0.1) is 46.3 Å². The highest BCUT2D eigenvalue weighted by Gasteiger charge is 2.71. The lowest BCUT2D eigenvalue weighted by atomic mass is 9.41. The van der Waals surface area contributed by atoms with E-state index in [2.05, 4.69) is 19.9 Å². The summed E-state index contributed by atoms with van der Waals surface area (Å²) in [5, 5.41) is 89.1.